The van der Waals surface area contributed by atoms with Crippen LogP contribution in [0.2, 0.25) is 0 Å². The number of hydrogen-bond acceptors (Lipinski definition) is 2. The van der Waals surface area contributed by atoms with Gasteiger partial charge in [0, 0.05) is 26.2 Å². The van der Waals surface area contributed by atoms with Crippen LogP contribution < -0.4 is 0 Å². The minimum absolute atomic E-state index is 0. The van der Waals surface area contributed by atoms with Crippen molar-refractivity contribution < 1.29 is 0 Å². The van der Waals surface area contributed by atoms with E-state index < -0.39 is 0 Å². The van der Waals surface area contributed by atoms with Crippen molar-refractivity contribution in [1.82, 2.24) is 9.80 Å². The van der Waals surface area contributed by atoms with Gasteiger partial charge in [-0.25, -0.2) is 0 Å². The number of unbranched alkanes of at least 4 members (excludes halogenated alkanes) is 3. The predicted octanol–water partition coefficient (Wildman–Crippen LogP) is 10.4. The van der Waals surface area contributed by atoms with Gasteiger partial charge in [0.05, 0.1) is 0 Å². The van der Waals surface area contributed by atoms with Crippen molar-refractivity contribution in [3.05, 3.63) is 71.8 Å². The van der Waals surface area contributed by atoms with Gasteiger partial charge in [-0.1, -0.05) is 73.5 Å². The lowest BCUT2D eigenvalue weighted by Crippen LogP contribution is -2.51. The molecule has 3 heteroatoms. The first-order valence-electron chi connectivity index (χ1n) is 19.1. The van der Waals surface area contributed by atoms with Gasteiger partial charge < -0.3 is 0 Å². The Morgan fingerprint density at radius 2 is 0.756 bits per heavy atom. The Morgan fingerprint density at radius 1 is 0.444 bits per heavy atom. The molecular formula is C42H61ClN2. The summed E-state index contributed by atoms with van der Waals surface area (Å²) in [5, 5.41) is 0. The highest BCUT2D eigenvalue weighted by Crippen LogP contribution is 2.61. The van der Waals surface area contributed by atoms with Crippen molar-refractivity contribution in [1.29, 1.82) is 0 Å². The summed E-state index contributed by atoms with van der Waals surface area (Å²) in [6, 6.07) is 22.7. The Bertz CT molecular complexity index is 1040. The molecule has 0 heterocycles. The Morgan fingerprint density at radius 3 is 1.07 bits per heavy atom. The van der Waals surface area contributed by atoms with Crippen molar-refractivity contribution >= 4 is 12.4 Å². The van der Waals surface area contributed by atoms with Crippen LogP contribution in [0.5, 0.6) is 0 Å². The first kappa shape index (κ1) is 32.2. The van der Waals surface area contributed by atoms with E-state index >= 15 is 0 Å². The maximum absolute atomic E-state index is 2.90. The van der Waals surface area contributed by atoms with Gasteiger partial charge in [0.1, 0.15) is 0 Å². The molecule has 8 aliphatic carbocycles. The van der Waals surface area contributed by atoms with Crippen molar-refractivity contribution in [2.45, 2.75) is 116 Å². The molecule has 2 nitrogen and oxygen atoms in total. The fraction of sp³-hybridized carbons (Fsp3) is 0.714. The molecule has 8 fully saturated rings. The Labute approximate surface area is 281 Å². The molecule has 0 N–H and O–H groups in total. The van der Waals surface area contributed by atoms with Gasteiger partial charge in [0.2, 0.25) is 0 Å². The van der Waals surface area contributed by atoms with E-state index in [-0.39, 0.29) is 12.4 Å². The van der Waals surface area contributed by atoms with E-state index in [1.54, 1.807) is 38.5 Å². The molecule has 2 aromatic carbocycles. The van der Waals surface area contributed by atoms with E-state index in [0.29, 0.717) is 10.8 Å². The highest BCUT2D eigenvalue weighted by Gasteiger charge is 2.52. The molecule has 10 rings (SSSR count). The number of halogens is 1. The van der Waals surface area contributed by atoms with Crippen molar-refractivity contribution in [2.24, 2.45) is 46.3 Å². The molecule has 0 aliphatic heterocycles. The van der Waals surface area contributed by atoms with E-state index in [1.165, 1.54) is 102 Å². The molecule has 2 aromatic rings. The van der Waals surface area contributed by atoms with Crippen LogP contribution in [0.4, 0.5) is 0 Å². The summed E-state index contributed by atoms with van der Waals surface area (Å²) >= 11 is 0. The van der Waals surface area contributed by atoms with Gasteiger partial charge in [-0.2, -0.15) is 0 Å². The third kappa shape index (κ3) is 7.70. The monoisotopic (exact) mass is 628 g/mol. The summed E-state index contributed by atoms with van der Waals surface area (Å²) in [5.41, 5.74) is 4.30. The molecule has 8 saturated carbocycles. The average Bonchev–Trinajstić information content (AvgIpc) is 2.98. The number of rotatable bonds is 15. The standard InChI is InChI=1S/C42H60N2.ClH/c1(9-15-43(29-33-11-5-3-6-12-33)31-41-23-35-17-36(24-41)19-37(18-35)25-41)2-10-16-44(30-34-13-7-4-8-14-34)32-42-26-38-20-39(27-42)22-40(21-38)28-42;/h3-8,11-14,35-40H,1-2,9-10,15-32H2;1H. The normalized spacial score (nSPS) is 35.8. The second-order valence-corrected chi connectivity index (χ2v) is 17.6. The second kappa shape index (κ2) is 14.0. The summed E-state index contributed by atoms with van der Waals surface area (Å²) < 4.78 is 0. The SMILES string of the molecule is Cl.c1ccc(CN(CCCCCCN(Cc2ccccc2)CC23CC4CC(CC(C4)C2)C3)CC23CC4CC(CC(C4)C2)C3)cc1. The molecule has 8 aliphatic rings. The molecule has 45 heavy (non-hydrogen) atoms. The second-order valence-electron chi connectivity index (χ2n) is 17.6. The third-order valence-electron chi connectivity index (χ3n) is 13.6. The van der Waals surface area contributed by atoms with Gasteiger partial charge in [0.15, 0.2) is 0 Å². The van der Waals surface area contributed by atoms with Crippen LogP contribution >= 0.6 is 12.4 Å². The molecule has 0 atom stereocenters. The molecule has 8 bridgehead atoms. The fourth-order valence-electron chi connectivity index (χ4n) is 13.1. The van der Waals surface area contributed by atoms with Crippen molar-refractivity contribution in [2.75, 3.05) is 26.2 Å². The zero-order valence-corrected chi connectivity index (χ0v) is 28.9. The summed E-state index contributed by atoms with van der Waals surface area (Å²) in [7, 11) is 0. The Hall–Kier alpha value is -1.35. The Balaban J connectivity index is 0.00000325. The van der Waals surface area contributed by atoms with Crippen molar-refractivity contribution in [3.63, 3.8) is 0 Å². The van der Waals surface area contributed by atoms with Crippen LogP contribution in [-0.4, -0.2) is 36.0 Å². The summed E-state index contributed by atoms with van der Waals surface area (Å²) in [5.74, 6) is 6.32. The van der Waals surface area contributed by atoms with Gasteiger partial charge in [-0.15, -0.1) is 12.4 Å². The van der Waals surface area contributed by atoms with Crippen LogP contribution in [0, 0.1) is 46.3 Å². The largest absolute Gasteiger partial charge is 0.299 e. The van der Waals surface area contributed by atoms with E-state index in [9.17, 15) is 0 Å². The predicted molar refractivity (Wildman–Crippen MR) is 190 cm³/mol. The minimum atomic E-state index is 0. The number of nitrogens with zero attached hydrogens (tertiary/aromatic N) is 2. The summed E-state index contributed by atoms with van der Waals surface area (Å²) in [6.07, 6.45) is 24.1. The number of benzene rings is 2. The molecule has 0 saturated heterocycles. The van der Waals surface area contributed by atoms with Crippen LogP contribution in [0.1, 0.15) is 114 Å². The fourth-order valence-corrected chi connectivity index (χ4v) is 13.1. The summed E-state index contributed by atoms with van der Waals surface area (Å²) in [4.78, 5) is 5.80. The maximum Gasteiger partial charge on any atom is 0.0233 e. The average molecular weight is 629 g/mol. The van der Waals surface area contributed by atoms with Gasteiger partial charge in [-0.3, -0.25) is 9.80 Å². The van der Waals surface area contributed by atoms with Crippen LogP contribution in [-0.2, 0) is 13.1 Å². The lowest BCUT2D eigenvalue weighted by Gasteiger charge is -2.58. The molecule has 0 unspecified atom stereocenters. The van der Waals surface area contributed by atoms with Crippen LogP contribution in [0.3, 0.4) is 0 Å². The zero-order chi connectivity index (χ0) is 29.4. The van der Waals surface area contributed by atoms with Crippen molar-refractivity contribution in [3.8, 4) is 0 Å². The van der Waals surface area contributed by atoms with Gasteiger partial charge in [0.25, 0.3) is 0 Å². The topological polar surface area (TPSA) is 6.48 Å². The quantitative estimate of drug-likeness (QED) is 0.181. The third-order valence-corrected chi connectivity index (χ3v) is 13.6. The lowest BCUT2D eigenvalue weighted by molar-refractivity contribution is -0.0709. The molecular weight excluding hydrogens is 568 g/mol. The molecule has 0 radical (unpaired) electrons. The van der Waals surface area contributed by atoms with E-state index in [0.717, 1.165) is 48.6 Å². The highest BCUT2D eigenvalue weighted by molar-refractivity contribution is 5.85. The Kier molecular flexibility index (Phi) is 10.0. The molecule has 0 aromatic heterocycles. The molecule has 0 spiro atoms. The van der Waals surface area contributed by atoms with Gasteiger partial charge in [-0.05, 0) is 160 Å². The first-order chi connectivity index (χ1) is 21.6. The highest BCUT2D eigenvalue weighted by atomic mass is 35.5. The lowest BCUT2D eigenvalue weighted by atomic mass is 9.49. The minimum Gasteiger partial charge on any atom is -0.299 e. The molecule has 0 amide bonds. The zero-order valence-electron chi connectivity index (χ0n) is 28.1. The van der Waals surface area contributed by atoms with Crippen LogP contribution in [0.15, 0.2) is 60.7 Å². The van der Waals surface area contributed by atoms with E-state index in [2.05, 4.69) is 70.5 Å². The van der Waals surface area contributed by atoms with Crippen LogP contribution in [0.25, 0.3) is 0 Å². The van der Waals surface area contributed by atoms with E-state index in [1.807, 2.05) is 0 Å². The summed E-state index contributed by atoms with van der Waals surface area (Å²) in [6.45, 7) is 7.61. The number of hydrogen-bond donors (Lipinski definition) is 0. The molecule has 246 valence electrons. The van der Waals surface area contributed by atoms with Gasteiger partial charge >= 0.3 is 0 Å². The van der Waals surface area contributed by atoms with E-state index in [4.69, 9.17) is 0 Å². The maximum atomic E-state index is 2.90. The first-order valence-corrected chi connectivity index (χ1v) is 19.1. The smallest absolute Gasteiger partial charge is 0.0233 e.